The van der Waals surface area contributed by atoms with E-state index in [1.54, 1.807) is 0 Å². The summed E-state index contributed by atoms with van der Waals surface area (Å²) in [6.07, 6.45) is 0. The zero-order valence-electron chi connectivity index (χ0n) is 13.0. The second kappa shape index (κ2) is 7.04. The van der Waals surface area contributed by atoms with Crippen LogP contribution in [0.1, 0.15) is 81.5 Å². The highest BCUT2D eigenvalue weighted by Crippen LogP contribution is 2.35. The van der Waals surface area contributed by atoms with Crippen LogP contribution in [0.4, 0.5) is 0 Å². The quantitative estimate of drug-likeness (QED) is 0.581. The van der Waals surface area contributed by atoms with E-state index >= 15 is 0 Å². The molecule has 1 radical (unpaired) electrons. The molecule has 0 amide bonds. The summed E-state index contributed by atoms with van der Waals surface area (Å²) in [5.41, 5.74) is 8.44. The van der Waals surface area contributed by atoms with E-state index in [9.17, 15) is 0 Å². The van der Waals surface area contributed by atoms with Crippen LogP contribution in [0.25, 0.3) is 0 Å². The van der Waals surface area contributed by atoms with E-state index in [1.807, 2.05) is 0 Å². The SMILES string of the molecule is CC(C)c1ccc(CN[C]=S)c(C(C)C)c1C(C)C. The van der Waals surface area contributed by atoms with Crippen molar-refractivity contribution in [1.29, 1.82) is 0 Å². The summed E-state index contributed by atoms with van der Waals surface area (Å²) < 4.78 is 0. The first-order valence-corrected chi connectivity index (χ1v) is 7.56. The van der Waals surface area contributed by atoms with Gasteiger partial charge in [0, 0.05) is 6.54 Å². The second-order valence-electron chi connectivity index (χ2n) is 6.06. The van der Waals surface area contributed by atoms with Gasteiger partial charge >= 0.3 is 0 Å². The largest absolute Gasteiger partial charge is 0.370 e. The maximum Gasteiger partial charge on any atom is 0.134 e. The smallest absolute Gasteiger partial charge is 0.134 e. The monoisotopic (exact) mass is 276 g/mol. The van der Waals surface area contributed by atoms with Gasteiger partial charge in [-0.25, -0.2) is 0 Å². The molecule has 0 unspecified atom stereocenters. The third-order valence-electron chi connectivity index (χ3n) is 3.54. The summed E-state index contributed by atoms with van der Waals surface area (Å²) >= 11 is 4.75. The molecule has 1 aromatic rings. The van der Waals surface area contributed by atoms with E-state index in [2.05, 4.69) is 64.5 Å². The molecule has 19 heavy (non-hydrogen) atoms. The molecule has 0 atom stereocenters. The van der Waals surface area contributed by atoms with Crippen molar-refractivity contribution >= 4 is 17.7 Å². The lowest BCUT2D eigenvalue weighted by Crippen LogP contribution is -2.15. The van der Waals surface area contributed by atoms with Crippen LogP contribution in [0.15, 0.2) is 12.1 Å². The fraction of sp³-hybridized carbons (Fsp3) is 0.588. The molecule has 0 aliphatic carbocycles. The molecule has 0 bridgehead atoms. The highest BCUT2D eigenvalue weighted by atomic mass is 32.1. The molecule has 2 heteroatoms. The lowest BCUT2D eigenvalue weighted by molar-refractivity contribution is 0.732. The van der Waals surface area contributed by atoms with Crippen molar-refractivity contribution in [3.63, 3.8) is 0 Å². The molecule has 0 saturated carbocycles. The Kier molecular flexibility index (Phi) is 5.99. The third-order valence-corrected chi connectivity index (χ3v) is 3.68. The summed E-state index contributed by atoms with van der Waals surface area (Å²) in [4.78, 5) is 0. The minimum atomic E-state index is 0.526. The Morgan fingerprint density at radius 3 is 1.95 bits per heavy atom. The lowest BCUT2D eigenvalue weighted by Gasteiger charge is -2.25. The zero-order valence-corrected chi connectivity index (χ0v) is 13.8. The number of hydrogen-bond donors (Lipinski definition) is 1. The van der Waals surface area contributed by atoms with Crippen molar-refractivity contribution in [1.82, 2.24) is 5.32 Å². The van der Waals surface area contributed by atoms with Gasteiger partial charge in [0.25, 0.3) is 0 Å². The van der Waals surface area contributed by atoms with Crippen LogP contribution < -0.4 is 5.32 Å². The van der Waals surface area contributed by atoms with Gasteiger partial charge < -0.3 is 5.32 Å². The van der Waals surface area contributed by atoms with Gasteiger partial charge in [-0.2, -0.15) is 0 Å². The second-order valence-corrected chi connectivity index (χ2v) is 6.27. The minimum Gasteiger partial charge on any atom is -0.370 e. The molecule has 1 rings (SSSR count). The Morgan fingerprint density at radius 1 is 0.947 bits per heavy atom. The molecule has 105 valence electrons. The van der Waals surface area contributed by atoms with E-state index in [0.29, 0.717) is 17.8 Å². The number of benzene rings is 1. The molecule has 0 heterocycles. The van der Waals surface area contributed by atoms with Crippen LogP contribution in [0, 0.1) is 0 Å². The van der Waals surface area contributed by atoms with Crippen molar-refractivity contribution in [2.45, 2.75) is 65.8 Å². The summed E-state index contributed by atoms with van der Waals surface area (Å²) in [6.45, 7) is 14.4. The zero-order chi connectivity index (χ0) is 14.6. The van der Waals surface area contributed by atoms with Crippen molar-refractivity contribution < 1.29 is 0 Å². The molecular formula is C17H26NS. The van der Waals surface area contributed by atoms with Gasteiger partial charge in [-0.1, -0.05) is 65.9 Å². The molecule has 0 fully saturated rings. The van der Waals surface area contributed by atoms with E-state index < -0.39 is 0 Å². The lowest BCUT2D eigenvalue weighted by atomic mass is 9.81. The van der Waals surface area contributed by atoms with Gasteiger partial charge in [-0.05, 0) is 40.0 Å². The standard InChI is InChI=1S/C17H26NS/c1-11(2)15-8-7-14(9-18-10-19)16(12(3)4)17(15)13(5)6/h7-8,11-13H,9H2,1-6H3,(H,18,19). The maximum absolute atomic E-state index is 4.75. The Bertz CT molecular complexity index is 433. The number of nitrogens with one attached hydrogen (secondary N) is 1. The molecular weight excluding hydrogens is 250 g/mol. The van der Waals surface area contributed by atoms with Crippen LogP contribution in [0.3, 0.4) is 0 Å². The first kappa shape index (κ1) is 16.2. The Morgan fingerprint density at radius 2 is 1.53 bits per heavy atom. The van der Waals surface area contributed by atoms with Gasteiger partial charge in [0.1, 0.15) is 5.49 Å². The van der Waals surface area contributed by atoms with E-state index in [-0.39, 0.29) is 0 Å². The molecule has 0 saturated heterocycles. The van der Waals surface area contributed by atoms with Gasteiger partial charge in [0.2, 0.25) is 0 Å². The predicted octanol–water partition coefficient (Wildman–Crippen LogP) is 4.98. The van der Waals surface area contributed by atoms with E-state index in [0.717, 1.165) is 6.54 Å². The van der Waals surface area contributed by atoms with Crippen LogP contribution in [0.5, 0.6) is 0 Å². The van der Waals surface area contributed by atoms with Gasteiger partial charge in [-0.15, -0.1) is 0 Å². The summed E-state index contributed by atoms with van der Waals surface area (Å²) in [5, 5.41) is 3.04. The van der Waals surface area contributed by atoms with Crippen molar-refractivity contribution in [3.05, 3.63) is 34.4 Å². The fourth-order valence-electron chi connectivity index (χ4n) is 2.81. The van der Waals surface area contributed by atoms with E-state index in [4.69, 9.17) is 12.2 Å². The Labute approximate surface area is 123 Å². The molecule has 0 spiro atoms. The van der Waals surface area contributed by atoms with Crippen molar-refractivity contribution in [2.75, 3.05) is 0 Å². The molecule has 0 aliphatic rings. The van der Waals surface area contributed by atoms with Gasteiger partial charge in [0.15, 0.2) is 0 Å². The average Bonchev–Trinajstić information content (AvgIpc) is 2.34. The van der Waals surface area contributed by atoms with Crippen LogP contribution in [-0.4, -0.2) is 5.49 Å². The highest BCUT2D eigenvalue weighted by molar-refractivity contribution is 7.78. The molecule has 0 aliphatic heterocycles. The van der Waals surface area contributed by atoms with E-state index in [1.165, 1.54) is 22.3 Å². The topological polar surface area (TPSA) is 12.0 Å². The Hall–Kier alpha value is -0.890. The normalized spacial score (nSPS) is 11.4. The number of hydrogen-bond acceptors (Lipinski definition) is 1. The molecule has 0 aromatic heterocycles. The van der Waals surface area contributed by atoms with Crippen LogP contribution in [-0.2, 0) is 6.54 Å². The minimum absolute atomic E-state index is 0.526. The first-order valence-electron chi connectivity index (χ1n) is 7.15. The third kappa shape index (κ3) is 3.79. The van der Waals surface area contributed by atoms with Crippen molar-refractivity contribution in [3.8, 4) is 0 Å². The number of rotatable bonds is 6. The Balaban J connectivity index is 3.44. The van der Waals surface area contributed by atoms with Gasteiger partial charge in [-0.3, -0.25) is 0 Å². The molecule has 1 aromatic carbocycles. The highest BCUT2D eigenvalue weighted by Gasteiger charge is 2.19. The molecule has 1 nitrogen and oxygen atoms in total. The van der Waals surface area contributed by atoms with Crippen LogP contribution >= 0.6 is 12.2 Å². The number of thiocarbonyl (C=S) groups is 1. The summed E-state index contributed by atoms with van der Waals surface area (Å²) in [5.74, 6) is 1.64. The first-order chi connectivity index (χ1) is 8.90. The maximum atomic E-state index is 4.75. The van der Waals surface area contributed by atoms with Gasteiger partial charge in [0.05, 0.1) is 0 Å². The fourth-order valence-corrected chi connectivity index (χ4v) is 2.89. The predicted molar refractivity (Wildman–Crippen MR) is 88.1 cm³/mol. The van der Waals surface area contributed by atoms with Crippen LogP contribution in [0.2, 0.25) is 0 Å². The average molecular weight is 276 g/mol. The summed E-state index contributed by atoms with van der Waals surface area (Å²) in [7, 11) is 0. The molecule has 1 N–H and O–H groups in total. The van der Waals surface area contributed by atoms with Crippen molar-refractivity contribution in [2.24, 2.45) is 0 Å². The summed E-state index contributed by atoms with van der Waals surface area (Å²) in [6, 6.07) is 4.53.